The molecule has 11 heteroatoms. The fourth-order valence-corrected chi connectivity index (χ4v) is 3.71. The van der Waals surface area contributed by atoms with Crippen molar-refractivity contribution in [3.05, 3.63) is 36.4 Å². The lowest BCUT2D eigenvalue weighted by molar-refractivity contribution is 0.556. The number of nitrogens with one attached hydrogen (secondary N) is 1. The van der Waals surface area contributed by atoms with Crippen LogP contribution in [0.2, 0.25) is 0 Å². The van der Waals surface area contributed by atoms with Gasteiger partial charge >= 0.3 is 0 Å². The topological polar surface area (TPSA) is 197 Å². The summed E-state index contributed by atoms with van der Waals surface area (Å²) in [6.45, 7) is 7.91. The van der Waals surface area contributed by atoms with E-state index in [4.69, 9.17) is 15.0 Å². The van der Waals surface area contributed by atoms with E-state index in [1.165, 1.54) is 38.5 Å². The number of halogens is 1. The van der Waals surface area contributed by atoms with Gasteiger partial charge in [0.15, 0.2) is 0 Å². The molecule has 2 aliphatic heterocycles. The van der Waals surface area contributed by atoms with Crippen molar-refractivity contribution in [1.29, 1.82) is 0 Å². The lowest BCUT2D eigenvalue weighted by Crippen LogP contribution is -2.34. The van der Waals surface area contributed by atoms with E-state index in [1.807, 2.05) is 30.3 Å². The van der Waals surface area contributed by atoms with Crippen molar-refractivity contribution in [1.82, 2.24) is 39.6 Å². The Labute approximate surface area is 204 Å². The summed E-state index contributed by atoms with van der Waals surface area (Å²) in [7, 11) is 0. The van der Waals surface area contributed by atoms with Crippen molar-refractivity contribution >= 4 is 42.0 Å². The minimum atomic E-state index is 0. The van der Waals surface area contributed by atoms with Gasteiger partial charge in [0, 0.05) is 37.6 Å². The molecule has 0 atom stereocenters. The van der Waals surface area contributed by atoms with Crippen molar-refractivity contribution in [3.8, 4) is 0 Å². The van der Waals surface area contributed by atoms with Crippen molar-refractivity contribution < 1.29 is 5.71 Å². The zero-order valence-electron chi connectivity index (χ0n) is 19.1. The summed E-state index contributed by atoms with van der Waals surface area (Å²) in [6, 6.07) is 8.13. The van der Waals surface area contributed by atoms with Gasteiger partial charge in [-0.2, -0.15) is 15.0 Å². The first-order valence-corrected chi connectivity index (χ1v) is 10.1. The van der Waals surface area contributed by atoms with Crippen molar-refractivity contribution in [2.45, 2.75) is 38.5 Å². The molecule has 2 aromatic rings. The third-order valence-electron chi connectivity index (χ3n) is 5.29. The van der Waals surface area contributed by atoms with Crippen LogP contribution in [0.1, 0.15) is 49.8 Å². The van der Waals surface area contributed by atoms with Crippen LogP contribution in [-0.4, -0.2) is 41.1 Å². The summed E-state index contributed by atoms with van der Waals surface area (Å²) < 4.78 is 0. The average molecular weight is 477 g/mol. The molecule has 2 aliphatic rings. The van der Waals surface area contributed by atoms with Crippen LogP contribution in [0.3, 0.4) is 0 Å². The number of hydrogen-bond donors (Lipinski definition) is 5. The van der Waals surface area contributed by atoms with E-state index in [0.29, 0.717) is 5.95 Å². The van der Waals surface area contributed by atoms with E-state index < -0.39 is 0 Å². The predicted octanol–water partition coefficient (Wildman–Crippen LogP) is 6.29. The fraction of sp³-hybridized carbons (Fsp3) is 0.476. The predicted molar refractivity (Wildman–Crippen MR) is 148 cm³/mol. The molecule has 3 heterocycles. The summed E-state index contributed by atoms with van der Waals surface area (Å²) in [5, 5.41) is 3.36. The summed E-state index contributed by atoms with van der Waals surface area (Å²) in [4.78, 5) is 18.9. The van der Waals surface area contributed by atoms with Crippen molar-refractivity contribution in [3.63, 3.8) is 0 Å². The third-order valence-corrected chi connectivity index (χ3v) is 5.29. The third kappa shape index (κ3) is 7.88. The summed E-state index contributed by atoms with van der Waals surface area (Å²) in [6.07, 6.45) is 9.25. The maximum Gasteiger partial charge on any atom is 0.233 e. The van der Waals surface area contributed by atoms with E-state index in [2.05, 4.69) is 21.7 Å². The maximum absolute atomic E-state index is 4.83. The Balaban J connectivity index is -0.000000250. The Hall–Kier alpha value is -2.50. The van der Waals surface area contributed by atoms with Gasteiger partial charge in [-0.05, 0) is 56.2 Å². The van der Waals surface area contributed by atoms with Gasteiger partial charge in [-0.3, -0.25) is 0 Å². The van der Waals surface area contributed by atoms with Gasteiger partial charge in [-0.25, -0.2) is 0 Å². The molecule has 2 saturated heterocycles. The van der Waals surface area contributed by atoms with Crippen LogP contribution in [0.15, 0.2) is 30.8 Å². The molecule has 1 aromatic carbocycles. The SMILES string of the molecule is C=Cc1ccc(Nc2nc(N3CCCCC3)nc(N3CCCCC3)n2)cc1.Cl.N.N.N.N.[HH].[HH].[HH].[HH]. The quantitative estimate of drug-likeness (QED) is 0.326. The highest BCUT2D eigenvalue weighted by atomic mass is 35.5. The van der Waals surface area contributed by atoms with E-state index in [1.54, 1.807) is 0 Å². The largest absolute Gasteiger partial charge is 0.344 e. The molecule has 0 bridgehead atoms. The fourth-order valence-electron chi connectivity index (χ4n) is 3.71. The number of aromatic nitrogens is 3. The Kier molecular flexibility index (Phi) is 15.2. The molecule has 0 spiro atoms. The highest BCUT2D eigenvalue weighted by Gasteiger charge is 2.20. The molecule has 0 amide bonds. The summed E-state index contributed by atoms with van der Waals surface area (Å²) in [5.41, 5.74) is 2.07. The Morgan fingerprint density at radius 2 is 1.16 bits per heavy atom. The van der Waals surface area contributed by atoms with Crippen LogP contribution in [-0.2, 0) is 0 Å². The smallest absolute Gasteiger partial charge is 0.233 e. The minimum absolute atomic E-state index is 0. The van der Waals surface area contributed by atoms with Crippen molar-refractivity contribution in [2.24, 2.45) is 0 Å². The number of nitrogens with zero attached hydrogens (tertiary/aromatic N) is 5. The molecule has 1 aromatic heterocycles. The first kappa shape index (κ1) is 31.7. The number of hydrogen-bond acceptors (Lipinski definition) is 10. The summed E-state index contributed by atoms with van der Waals surface area (Å²) in [5.74, 6) is 2.23. The summed E-state index contributed by atoms with van der Waals surface area (Å²) >= 11 is 0. The normalized spacial score (nSPS) is 14.9. The molecule has 0 saturated carbocycles. The highest BCUT2D eigenvalue weighted by molar-refractivity contribution is 5.85. The van der Waals surface area contributed by atoms with Crippen LogP contribution >= 0.6 is 12.4 Å². The van der Waals surface area contributed by atoms with E-state index >= 15 is 0 Å². The number of anilines is 4. The van der Waals surface area contributed by atoms with Crippen LogP contribution in [0.4, 0.5) is 23.5 Å². The van der Waals surface area contributed by atoms with Crippen molar-refractivity contribution in [2.75, 3.05) is 41.3 Å². The lowest BCUT2D eigenvalue weighted by Gasteiger charge is -2.30. The van der Waals surface area contributed by atoms with Gasteiger partial charge in [0.2, 0.25) is 17.8 Å². The molecule has 190 valence electrons. The average Bonchev–Trinajstić information content (AvgIpc) is 2.75. The second-order valence-corrected chi connectivity index (χ2v) is 7.31. The molecule has 0 unspecified atom stereocenters. The first-order valence-electron chi connectivity index (χ1n) is 10.1. The zero-order chi connectivity index (χ0) is 18.5. The van der Waals surface area contributed by atoms with Crippen LogP contribution in [0.5, 0.6) is 0 Å². The Morgan fingerprint density at radius 3 is 1.56 bits per heavy atom. The standard InChI is InChI=1S/C21H28N6.ClH.4H3N.4H2/c1-2-17-9-11-18(12-10-17)22-19-23-20(26-13-5-3-6-14-26)25-21(24-19)27-15-7-4-8-16-27;;;;;;;;;/h2,9-12H,1,3-8,13-16H2,(H,22,23,24,25);1H;4*1H3;4*1H. The molecule has 4 rings (SSSR count). The zero-order valence-corrected chi connectivity index (χ0v) is 20.0. The molecule has 0 aliphatic carbocycles. The molecule has 0 radical (unpaired) electrons. The van der Waals surface area contributed by atoms with Gasteiger partial charge < -0.3 is 39.7 Å². The lowest BCUT2D eigenvalue weighted by atomic mass is 10.1. The molecule has 2 fully saturated rings. The number of rotatable bonds is 5. The second kappa shape index (κ2) is 15.3. The Bertz CT molecular complexity index is 757. The van der Waals surface area contributed by atoms with Gasteiger partial charge in [0.25, 0.3) is 0 Å². The Morgan fingerprint density at radius 1 is 0.719 bits per heavy atom. The molecule has 10 nitrogen and oxygen atoms in total. The van der Waals surface area contributed by atoms with E-state index in [0.717, 1.165) is 49.3 Å². The molecule has 13 N–H and O–H groups in total. The van der Waals surface area contributed by atoms with Gasteiger partial charge in [0.1, 0.15) is 0 Å². The monoisotopic (exact) mass is 476 g/mol. The van der Waals surface area contributed by atoms with Gasteiger partial charge in [-0.15, -0.1) is 12.4 Å². The highest BCUT2D eigenvalue weighted by Crippen LogP contribution is 2.24. The van der Waals surface area contributed by atoms with E-state index in [-0.39, 0.29) is 42.7 Å². The van der Waals surface area contributed by atoms with Crippen LogP contribution < -0.4 is 39.7 Å². The molecular formula is C21H49ClN10. The number of piperidine rings is 2. The van der Waals surface area contributed by atoms with Gasteiger partial charge in [0.05, 0.1) is 0 Å². The van der Waals surface area contributed by atoms with Crippen LogP contribution in [0.25, 0.3) is 6.08 Å². The van der Waals surface area contributed by atoms with Crippen LogP contribution in [0, 0.1) is 0 Å². The first-order chi connectivity index (χ1) is 13.3. The molecule has 32 heavy (non-hydrogen) atoms. The van der Waals surface area contributed by atoms with Gasteiger partial charge in [-0.1, -0.05) is 24.8 Å². The van der Waals surface area contributed by atoms with E-state index in [9.17, 15) is 0 Å². The second-order valence-electron chi connectivity index (χ2n) is 7.31. The molecular weight excluding hydrogens is 428 g/mol. The minimum Gasteiger partial charge on any atom is -0.344 e. The number of benzene rings is 1. The maximum atomic E-state index is 4.83.